The maximum atomic E-state index is 6.38. The SMILES string of the molecule is [2H]COCC. The first-order valence-electron chi connectivity index (χ1n) is 1.99. The van der Waals surface area contributed by atoms with Crippen LogP contribution >= 0.6 is 0 Å². The molecule has 0 rings (SSSR count). The fraction of sp³-hybridized carbons (Fsp3) is 1.00. The molecule has 1 nitrogen and oxygen atoms in total. The Hall–Kier alpha value is -0.0400. The average molecular weight is 61.1 g/mol. The second-order valence-electron chi connectivity index (χ2n) is 0.493. The predicted octanol–water partition coefficient (Wildman–Crippen LogP) is 0.653. The number of hydrogen-bond acceptors (Lipinski definition) is 1. The highest BCUT2D eigenvalue weighted by atomic mass is 16.5. The van der Waals surface area contributed by atoms with E-state index in [9.17, 15) is 0 Å². The van der Waals surface area contributed by atoms with Gasteiger partial charge in [0.1, 0.15) is 0 Å². The fourth-order valence-corrected chi connectivity index (χ4v) is 0. The van der Waals surface area contributed by atoms with Gasteiger partial charge in [0.15, 0.2) is 0 Å². The molecule has 0 N–H and O–H groups in total. The monoisotopic (exact) mass is 61.1 g/mol. The van der Waals surface area contributed by atoms with Crippen molar-refractivity contribution in [3.05, 3.63) is 0 Å². The minimum Gasteiger partial charge on any atom is -0.385 e. The van der Waals surface area contributed by atoms with E-state index in [-0.39, 0.29) is 7.09 Å². The molecule has 0 unspecified atom stereocenters. The zero-order chi connectivity index (χ0) is 4.12. The highest BCUT2D eigenvalue weighted by Gasteiger charge is 1.51. The van der Waals surface area contributed by atoms with E-state index in [1.54, 1.807) is 0 Å². The van der Waals surface area contributed by atoms with Crippen molar-refractivity contribution in [1.29, 1.82) is 0 Å². The Morgan fingerprint density at radius 3 is 3.00 bits per heavy atom. The van der Waals surface area contributed by atoms with Crippen LogP contribution in [0.25, 0.3) is 0 Å². The molecule has 0 atom stereocenters. The van der Waals surface area contributed by atoms with Crippen LogP contribution in [0.1, 0.15) is 8.29 Å². The molecule has 0 saturated carbocycles. The van der Waals surface area contributed by atoms with Gasteiger partial charge in [0.05, 0.1) is 1.37 Å². The highest BCUT2D eigenvalue weighted by molar-refractivity contribution is 3.94. The van der Waals surface area contributed by atoms with Crippen molar-refractivity contribution < 1.29 is 6.11 Å². The van der Waals surface area contributed by atoms with Gasteiger partial charge in [-0.15, -0.1) is 0 Å². The molecule has 0 aliphatic heterocycles. The molecule has 4 heavy (non-hydrogen) atoms. The second kappa shape index (κ2) is 2.96. The molecule has 0 aromatic heterocycles. The van der Waals surface area contributed by atoms with Crippen molar-refractivity contribution >= 4 is 0 Å². The Kier molecular flexibility index (Phi) is 1.64. The summed E-state index contributed by atoms with van der Waals surface area (Å²) in [6.07, 6.45) is 0. The normalized spacial score (nSPS) is 10.8. The molecular formula is C3H8O. The first-order valence-corrected chi connectivity index (χ1v) is 1.28. The van der Waals surface area contributed by atoms with E-state index in [1.807, 2.05) is 6.92 Å². The Labute approximate surface area is 28.0 Å². The smallest absolute Gasteiger partial charge is 0.0530 e. The van der Waals surface area contributed by atoms with E-state index in [0.29, 0.717) is 6.61 Å². The molecule has 26 valence electrons. The first kappa shape index (κ1) is 2.21. The maximum Gasteiger partial charge on any atom is 0.0530 e. The van der Waals surface area contributed by atoms with Crippen LogP contribution in [0.4, 0.5) is 0 Å². The van der Waals surface area contributed by atoms with Crippen LogP contribution < -0.4 is 0 Å². The van der Waals surface area contributed by atoms with Crippen LogP contribution in [0.2, 0.25) is 0 Å². The van der Waals surface area contributed by atoms with E-state index in [4.69, 9.17) is 1.37 Å². The van der Waals surface area contributed by atoms with Gasteiger partial charge in [-0.25, -0.2) is 0 Å². The quantitative estimate of drug-likeness (QED) is 0.432. The van der Waals surface area contributed by atoms with Crippen molar-refractivity contribution in [2.45, 2.75) is 6.92 Å². The van der Waals surface area contributed by atoms with Gasteiger partial charge in [0.2, 0.25) is 0 Å². The summed E-state index contributed by atoms with van der Waals surface area (Å²) in [7, 11) is 0.0938. The molecule has 0 heterocycles. The number of rotatable bonds is 1. The first-order chi connectivity index (χ1) is 2.41. The molecule has 0 bridgehead atoms. The van der Waals surface area contributed by atoms with Gasteiger partial charge in [-0.3, -0.25) is 0 Å². The molecule has 0 saturated heterocycles. The standard InChI is InChI=1S/C3H8O/c1-3-4-2/h3H2,1-2H3/i2D. The lowest BCUT2D eigenvalue weighted by molar-refractivity contribution is 0.215. The van der Waals surface area contributed by atoms with E-state index in [1.165, 1.54) is 0 Å². The summed E-state index contributed by atoms with van der Waals surface area (Å²) in [5.74, 6) is 0. The summed E-state index contributed by atoms with van der Waals surface area (Å²) in [6, 6.07) is 0. The van der Waals surface area contributed by atoms with E-state index >= 15 is 0 Å². The van der Waals surface area contributed by atoms with Crippen LogP contribution in [-0.2, 0) is 4.74 Å². The summed E-state index contributed by atoms with van der Waals surface area (Å²) in [4.78, 5) is 0. The Morgan fingerprint density at radius 1 is 2.25 bits per heavy atom. The third-order valence-corrected chi connectivity index (χ3v) is 0.204. The third kappa shape index (κ3) is 1.96. The summed E-state index contributed by atoms with van der Waals surface area (Å²) in [5, 5.41) is 0. The number of ether oxygens (including phenoxy) is 1. The number of methoxy groups -OCH3 is 1. The summed E-state index contributed by atoms with van der Waals surface area (Å²) in [6.45, 7) is 2.53. The van der Waals surface area contributed by atoms with Crippen LogP contribution in [0, 0.1) is 0 Å². The predicted molar refractivity (Wildman–Crippen MR) is 17.6 cm³/mol. The molecule has 0 fully saturated rings. The van der Waals surface area contributed by atoms with Gasteiger partial charge in [-0.05, 0) is 6.92 Å². The van der Waals surface area contributed by atoms with E-state index in [2.05, 4.69) is 4.74 Å². The second-order valence-corrected chi connectivity index (χ2v) is 0.493. The summed E-state index contributed by atoms with van der Waals surface area (Å²) in [5.41, 5.74) is 0. The molecule has 0 aliphatic rings. The molecule has 0 radical (unpaired) electrons. The topological polar surface area (TPSA) is 9.23 Å². The van der Waals surface area contributed by atoms with Crippen molar-refractivity contribution in [3.8, 4) is 0 Å². The average Bonchev–Trinajstić information content (AvgIpc) is 1.41. The van der Waals surface area contributed by atoms with Gasteiger partial charge >= 0.3 is 0 Å². The van der Waals surface area contributed by atoms with E-state index < -0.39 is 0 Å². The largest absolute Gasteiger partial charge is 0.385 e. The van der Waals surface area contributed by atoms with Crippen molar-refractivity contribution in [3.63, 3.8) is 0 Å². The van der Waals surface area contributed by atoms with Crippen molar-refractivity contribution in [1.82, 2.24) is 0 Å². The maximum absolute atomic E-state index is 6.38. The van der Waals surface area contributed by atoms with Crippen LogP contribution in [0.3, 0.4) is 0 Å². The molecule has 0 aromatic carbocycles. The zero-order valence-corrected chi connectivity index (χ0v) is 2.82. The van der Waals surface area contributed by atoms with Gasteiger partial charge in [-0.1, -0.05) is 0 Å². The molecular weight excluding hydrogens is 52.0 g/mol. The molecule has 0 amide bonds. The lowest BCUT2D eigenvalue weighted by atomic mass is 10.9. The minimum atomic E-state index is 0.0938. The lowest BCUT2D eigenvalue weighted by Gasteiger charge is -1.76. The van der Waals surface area contributed by atoms with Crippen LogP contribution in [0.15, 0.2) is 0 Å². The third-order valence-electron chi connectivity index (χ3n) is 0.204. The van der Waals surface area contributed by atoms with Gasteiger partial charge < -0.3 is 4.74 Å². The summed E-state index contributed by atoms with van der Waals surface area (Å²) < 4.78 is 10.9. The van der Waals surface area contributed by atoms with Crippen molar-refractivity contribution in [2.24, 2.45) is 0 Å². The minimum absolute atomic E-state index is 0.0938. The van der Waals surface area contributed by atoms with Crippen LogP contribution in [0.5, 0.6) is 0 Å². The zero-order valence-electron chi connectivity index (χ0n) is 3.82. The Bertz CT molecular complexity index is 14.4. The van der Waals surface area contributed by atoms with Gasteiger partial charge in [-0.2, -0.15) is 0 Å². The Morgan fingerprint density at radius 2 is 3.00 bits per heavy atom. The Balaban J connectivity index is 2.19. The fourth-order valence-electron chi connectivity index (χ4n) is 0. The molecule has 1 heteroatoms. The van der Waals surface area contributed by atoms with E-state index in [0.717, 1.165) is 0 Å². The highest BCUT2D eigenvalue weighted by Crippen LogP contribution is 1.52. The lowest BCUT2D eigenvalue weighted by Crippen LogP contribution is -1.73. The summed E-state index contributed by atoms with van der Waals surface area (Å²) >= 11 is 0. The van der Waals surface area contributed by atoms with Gasteiger partial charge in [0.25, 0.3) is 0 Å². The van der Waals surface area contributed by atoms with Crippen LogP contribution in [-0.4, -0.2) is 13.7 Å². The molecule has 0 aromatic rings. The molecule has 0 aliphatic carbocycles. The molecule has 0 spiro atoms. The van der Waals surface area contributed by atoms with Gasteiger partial charge in [0, 0.05) is 13.7 Å². The van der Waals surface area contributed by atoms with Crippen molar-refractivity contribution in [2.75, 3.05) is 13.7 Å². The number of hydrogen-bond donors (Lipinski definition) is 0.